The summed E-state index contributed by atoms with van der Waals surface area (Å²) in [7, 11) is 1.82. The predicted octanol–water partition coefficient (Wildman–Crippen LogP) is 4.79. The molecule has 0 aliphatic rings. The lowest BCUT2D eigenvalue weighted by Gasteiger charge is -2.05. The Balaban J connectivity index is 5.02. The summed E-state index contributed by atoms with van der Waals surface area (Å²) in [6.07, 6.45) is 9.44. The van der Waals surface area contributed by atoms with Crippen LogP contribution >= 0.6 is 11.8 Å². The van der Waals surface area contributed by atoms with Crippen molar-refractivity contribution in [1.82, 2.24) is 0 Å². The van der Waals surface area contributed by atoms with Crippen LogP contribution in [0, 0.1) is 0 Å². The molecule has 0 atom stereocenters. The van der Waals surface area contributed by atoms with Gasteiger partial charge in [-0.2, -0.15) is 0 Å². The second-order valence-electron chi connectivity index (χ2n) is 3.77. The largest absolute Gasteiger partial charge is 0.293 e. The molecule has 0 unspecified atom stereocenters. The summed E-state index contributed by atoms with van der Waals surface area (Å²) in [4.78, 5) is 4.23. The van der Waals surface area contributed by atoms with E-state index in [1.165, 1.54) is 11.1 Å². The smallest absolute Gasteiger partial charge is 0.0383 e. The first-order chi connectivity index (χ1) is 8.06. The van der Waals surface area contributed by atoms with Gasteiger partial charge in [-0.25, -0.2) is 0 Å². The topological polar surface area (TPSA) is 12.4 Å². The fourth-order valence-electron chi connectivity index (χ4n) is 1.27. The van der Waals surface area contributed by atoms with E-state index in [0.29, 0.717) is 0 Å². The predicted molar refractivity (Wildman–Crippen MR) is 83.0 cm³/mol. The summed E-state index contributed by atoms with van der Waals surface area (Å²) in [5, 5.41) is 2.05. The molecule has 0 bridgehead atoms. The third-order valence-corrected chi connectivity index (χ3v) is 2.87. The molecule has 17 heavy (non-hydrogen) atoms. The van der Waals surface area contributed by atoms with Crippen LogP contribution in [0.25, 0.3) is 0 Å². The van der Waals surface area contributed by atoms with Crippen molar-refractivity contribution < 1.29 is 0 Å². The van der Waals surface area contributed by atoms with Crippen molar-refractivity contribution in [2.75, 3.05) is 13.3 Å². The zero-order valence-electron chi connectivity index (χ0n) is 11.6. The molecule has 0 aliphatic heterocycles. The highest BCUT2D eigenvalue weighted by Crippen LogP contribution is 2.14. The Hall–Kier alpha value is -1.02. The fraction of sp³-hybridized carbons (Fsp3) is 0.400. The van der Waals surface area contributed by atoms with Gasteiger partial charge in [-0.15, -0.1) is 11.8 Å². The van der Waals surface area contributed by atoms with Crippen LogP contribution in [0.4, 0.5) is 0 Å². The van der Waals surface area contributed by atoms with Gasteiger partial charge < -0.3 is 0 Å². The van der Waals surface area contributed by atoms with Crippen molar-refractivity contribution >= 4 is 17.5 Å². The first kappa shape index (κ1) is 16.0. The SMILES string of the molecule is C=C(/C=C\SC)/C(C)=C/C(=C\CC)C(C)=NC. The van der Waals surface area contributed by atoms with E-state index in [9.17, 15) is 0 Å². The Labute approximate surface area is 110 Å². The van der Waals surface area contributed by atoms with Crippen molar-refractivity contribution in [1.29, 1.82) is 0 Å². The van der Waals surface area contributed by atoms with Crippen LogP contribution in [0.1, 0.15) is 27.2 Å². The van der Waals surface area contributed by atoms with Crippen LogP contribution < -0.4 is 0 Å². The van der Waals surface area contributed by atoms with E-state index in [1.807, 2.05) is 31.7 Å². The van der Waals surface area contributed by atoms with Crippen molar-refractivity contribution in [2.24, 2.45) is 4.99 Å². The summed E-state index contributed by atoms with van der Waals surface area (Å²) in [5.74, 6) is 0. The average Bonchev–Trinajstić information content (AvgIpc) is 2.34. The first-order valence-corrected chi connectivity index (χ1v) is 7.06. The van der Waals surface area contributed by atoms with Crippen molar-refractivity contribution in [3.63, 3.8) is 0 Å². The van der Waals surface area contributed by atoms with E-state index >= 15 is 0 Å². The highest BCUT2D eigenvalue weighted by atomic mass is 32.2. The van der Waals surface area contributed by atoms with Gasteiger partial charge in [0.25, 0.3) is 0 Å². The maximum absolute atomic E-state index is 4.23. The number of hydrogen-bond donors (Lipinski definition) is 0. The average molecular weight is 249 g/mol. The number of hydrogen-bond acceptors (Lipinski definition) is 2. The molecular weight excluding hydrogens is 226 g/mol. The number of aliphatic imine (C=N–C) groups is 1. The van der Waals surface area contributed by atoms with Crippen LogP contribution in [0.5, 0.6) is 0 Å². The van der Waals surface area contributed by atoms with Gasteiger partial charge >= 0.3 is 0 Å². The molecule has 0 aromatic carbocycles. The summed E-state index contributed by atoms with van der Waals surface area (Å²) >= 11 is 1.68. The number of allylic oxidation sites excluding steroid dienone is 6. The molecule has 94 valence electrons. The number of thioether (sulfide) groups is 1. The number of nitrogens with zero attached hydrogens (tertiary/aromatic N) is 1. The molecule has 0 heterocycles. The molecule has 0 N–H and O–H groups in total. The molecule has 0 amide bonds. The second kappa shape index (κ2) is 9.06. The first-order valence-electron chi connectivity index (χ1n) is 5.77. The van der Waals surface area contributed by atoms with Crippen molar-refractivity contribution in [2.45, 2.75) is 27.2 Å². The minimum atomic E-state index is 1.01. The van der Waals surface area contributed by atoms with E-state index in [0.717, 1.165) is 17.7 Å². The Morgan fingerprint density at radius 2 is 2.00 bits per heavy atom. The normalized spacial score (nSPS) is 14.5. The fourth-order valence-corrected chi connectivity index (χ4v) is 1.57. The standard InChI is InChI=1S/C15H23NS/c1-7-8-15(14(4)16-5)11-13(3)12(2)9-10-17-6/h8-11H,2,7H2,1,3-6H3/b10-9-,13-11+,15-8+,16-14?. The Bertz CT molecular complexity index is 370. The maximum Gasteiger partial charge on any atom is 0.0383 e. The van der Waals surface area contributed by atoms with Gasteiger partial charge in [-0.3, -0.25) is 4.99 Å². The van der Waals surface area contributed by atoms with E-state index < -0.39 is 0 Å². The monoisotopic (exact) mass is 249 g/mol. The molecule has 0 aromatic rings. The third kappa shape index (κ3) is 6.32. The highest BCUT2D eigenvalue weighted by molar-refractivity contribution is 8.01. The van der Waals surface area contributed by atoms with Gasteiger partial charge in [0, 0.05) is 12.8 Å². The van der Waals surface area contributed by atoms with E-state index in [1.54, 1.807) is 11.8 Å². The molecule has 0 spiro atoms. The quantitative estimate of drug-likeness (QED) is 0.487. The van der Waals surface area contributed by atoms with Crippen LogP contribution in [0.15, 0.2) is 51.9 Å². The molecule has 0 rings (SSSR count). The summed E-state index contributed by atoms with van der Waals surface area (Å²) in [6, 6.07) is 0. The zero-order chi connectivity index (χ0) is 13.3. The van der Waals surface area contributed by atoms with Crippen LogP contribution in [0.2, 0.25) is 0 Å². The summed E-state index contributed by atoms with van der Waals surface area (Å²) in [5.41, 5.74) is 4.47. The third-order valence-electron chi connectivity index (χ3n) is 2.46. The molecule has 0 aromatic heterocycles. The Kier molecular flexibility index (Phi) is 8.51. The maximum atomic E-state index is 4.23. The molecule has 0 radical (unpaired) electrons. The van der Waals surface area contributed by atoms with Gasteiger partial charge in [0.05, 0.1) is 0 Å². The summed E-state index contributed by atoms with van der Waals surface area (Å²) < 4.78 is 0. The van der Waals surface area contributed by atoms with Gasteiger partial charge in [-0.1, -0.05) is 19.6 Å². The molecule has 1 nitrogen and oxygen atoms in total. The van der Waals surface area contributed by atoms with Gasteiger partial charge in [0.1, 0.15) is 0 Å². The molecule has 2 heteroatoms. The lowest BCUT2D eigenvalue weighted by molar-refractivity contribution is 1.21. The Morgan fingerprint density at radius 3 is 2.47 bits per heavy atom. The van der Waals surface area contributed by atoms with Crippen molar-refractivity contribution in [3.05, 3.63) is 46.9 Å². The van der Waals surface area contributed by atoms with Crippen LogP contribution in [-0.4, -0.2) is 19.0 Å². The lowest BCUT2D eigenvalue weighted by atomic mass is 10.0. The van der Waals surface area contributed by atoms with Gasteiger partial charge in [0.15, 0.2) is 0 Å². The van der Waals surface area contributed by atoms with Crippen LogP contribution in [-0.2, 0) is 0 Å². The zero-order valence-corrected chi connectivity index (χ0v) is 12.4. The van der Waals surface area contributed by atoms with Crippen molar-refractivity contribution in [3.8, 4) is 0 Å². The molecule has 0 fully saturated rings. The second-order valence-corrected chi connectivity index (χ2v) is 4.51. The van der Waals surface area contributed by atoms with Crippen LogP contribution in [0.3, 0.4) is 0 Å². The summed E-state index contributed by atoms with van der Waals surface area (Å²) in [6.45, 7) is 10.3. The molecule has 0 saturated carbocycles. The van der Waals surface area contributed by atoms with E-state index in [-0.39, 0.29) is 0 Å². The molecular formula is C15H23NS. The minimum absolute atomic E-state index is 1.01. The molecule has 0 aliphatic carbocycles. The minimum Gasteiger partial charge on any atom is -0.293 e. The van der Waals surface area contributed by atoms with E-state index in [4.69, 9.17) is 0 Å². The molecule has 0 saturated heterocycles. The number of rotatable bonds is 6. The van der Waals surface area contributed by atoms with Gasteiger partial charge in [0.2, 0.25) is 0 Å². The highest BCUT2D eigenvalue weighted by Gasteiger charge is 1.99. The van der Waals surface area contributed by atoms with E-state index in [2.05, 4.69) is 37.6 Å². The Morgan fingerprint density at radius 1 is 1.35 bits per heavy atom. The van der Waals surface area contributed by atoms with Gasteiger partial charge in [-0.05, 0) is 60.8 Å². The lowest BCUT2D eigenvalue weighted by Crippen LogP contribution is -1.96.